The Bertz CT molecular complexity index is 2190. The van der Waals surface area contributed by atoms with Crippen molar-refractivity contribution >= 4 is 23.1 Å². The molecular weight excluding hydrogens is 713 g/mol. The fraction of sp³-hybridized carbons (Fsp3) is 0.395. The molecule has 2 aliphatic rings. The normalized spacial score (nSPS) is 14.1. The Kier molecular flexibility index (Phi) is 11.2. The van der Waals surface area contributed by atoms with Crippen LogP contribution in [0.4, 0.5) is 10.6 Å². The molecule has 0 unspecified atom stereocenters. The summed E-state index contributed by atoms with van der Waals surface area (Å²) in [5.41, 5.74) is 4.68. The number of H-pyrrole nitrogens is 1. The molecule has 3 aromatic carbocycles. The average Bonchev–Trinajstić information content (AvgIpc) is 3.47. The number of aromatic amines is 1. The number of anilines is 1. The zero-order valence-corrected chi connectivity index (χ0v) is 32.8. The predicted molar refractivity (Wildman–Crippen MR) is 214 cm³/mol. The van der Waals surface area contributed by atoms with Gasteiger partial charge in [-0.2, -0.15) is 9.97 Å². The minimum absolute atomic E-state index is 0.168. The first kappa shape index (κ1) is 38.3. The van der Waals surface area contributed by atoms with Crippen molar-refractivity contribution in [3.05, 3.63) is 112 Å². The fourth-order valence-electron chi connectivity index (χ4n) is 7.07. The minimum Gasteiger partial charge on any atom is -0.497 e. The zero-order valence-electron chi connectivity index (χ0n) is 32.8. The lowest BCUT2D eigenvalue weighted by Gasteiger charge is -2.32. The van der Waals surface area contributed by atoms with Crippen LogP contribution < -0.4 is 29.5 Å². The monoisotopic (exact) mass is 762 g/mol. The molecule has 1 N–H and O–H groups in total. The molecule has 56 heavy (non-hydrogen) atoms. The Morgan fingerprint density at radius 1 is 0.964 bits per heavy atom. The molecule has 7 rings (SSSR count). The number of carbonyl (C=O) groups is 1. The maximum absolute atomic E-state index is 14.0. The number of imidazole rings is 1. The first-order chi connectivity index (χ1) is 27.0. The van der Waals surface area contributed by atoms with E-state index < -0.39 is 5.60 Å². The third kappa shape index (κ3) is 8.77. The van der Waals surface area contributed by atoms with Crippen molar-refractivity contribution in [1.82, 2.24) is 24.4 Å². The summed E-state index contributed by atoms with van der Waals surface area (Å²) in [6.07, 6.45) is 4.99. The second-order valence-electron chi connectivity index (χ2n) is 15.4. The standard InChI is InChI=1S/C43H50N6O7/c1-7-54-36-22-31(21-32-26-47(20-19-35(32)36)42(51)56-43(2,3)4)25-49-39-37(44-41(49)50)38(45-40(46-39)55-27-30-9-8-10-30)48(23-28-11-15-33(52-5)16-12-28)24-29-13-17-34(53-6)18-14-29/h7,11-18,21-22,30H,1,8-10,19-20,23-27H2,2-6H3,(H,44,50). The van der Waals surface area contributed by atoms with Crippen LogP contribution in [0.3, 0.4) is 0 Å². The molecular formula is C43H50N6O7. The molecule has 0 saturated heterocycles. The van der Waals surface area contributed by atoms with Crippen LogP contribution in [0.1, 0.15) is 67.9 Å². The molecule has 3 heterocycles. The van der Waals surface area contributed by atoms with E-state index in [1.165, 1.54) is 12.7 Å². The van der Waals surface area contributed by atoms with Gasteiger partial charge in [-0.05, 0) is 98.5 Å². The number of benzene rings is 3. The zero-order chi connectivity index (χ0) is 39.4. The number of nitrogens with one attached hydrogen (secondary N) is 1. The number of hydrogen-bond acceptors (Lipinski definition) is 10. The van der Waals surface area contributed by atoms with Crippen molar-refractivity contribution in [2.24, 2.45) is 5.92 Å². The van der Waals surface area contributed by atoms with E-state index in [2.05, 4.69) is 16.5 Å². The molecule has 0 spiro atoms. The van der Waals surface area contributed by atoms with Crippen LogP contribution in [0.25, 0.3) is 11.2 Å². The minimum atomic E-state index is -0.618. The number of rotatable bonds is 14. The molecule has 0 radical (unpaired) electrons. The Hall–Kier alpha value is -5.98. The second kappa shape index (κ2) is 16.4. The highest BCUT2D eigenvalue weighted by Crippen LogP contribution is 2.33. The molecule has 13 nitrogen and oxygen atoms in total. The maximum Gasteiger partial charge on any atom is 0.410 e. The Morgan fingerprint density at radius 2 is 1.62 bits per heavy atom. The quantitative estimate of drug-likeness (QED) is 0.114. The molecule has 1 fully saturated rings. The number of hydrogen-bond donors (Lipinski definition) is 1. The van der Waals surface area contributed by atoms with Crippen molar-refractivity contribution < 1.29 is 28.5 Å². The molecule has 0 atom stereocenters. The SMILES string of the molecule is C=COc1cc(Cn2c(=O)[nH]c3c(N(Cc4ccc(OC)cc4)Cc4ccc(OC)cc4)nc(OCC4CCC4)nc32)cc2c1CCN(C(=O)OC(C)(C)C)C2. The largest absolute Gasteiger partial charge is 0.497 e. The lowest BCUT2D eigenvalue weighted by atomic mass is 9.86. The summed E-state index contributed by atoms with van der Waals surface area (Å²) in [7, 11) is 3.29. The molecule has 1 aliphatic heterocycles. The van der Waals surface area contributed by atoms with E-state index in [4.69, 9.17) is 33.7 Å². The first-order valence-corrected chi connectivity index (χ1v) is 19.0. The van der Waals surface area contributed by atoms with Gasteiger partial charge in [0.15, 0.2) is 11.5 Å². The van der Waals surface area contributed by atoms with Gasteiger partial charge < -0.3 is 38.5 Å². The topological polar surface area (TPSA) is 133 Å². The van der Waals surface area contributed by atoms with Crippen molar-refractivity contribution in [2.45, 2.75) is 78.2 Å². The summed E-state index contributed by atoms with van der Waals surface area (Å²) < 4.78 is 30.3. The smallest absolute Gasteiger partial charge is 0.410 e. The van der Waals surface area contributed by atoms with Gasteiger partial charge in [-0.1, -0.05) is 43.3 Å². The van der Waals surface area contributed by atoms with Crippen LogP contribution >= 0.6 is 0 Å². The number of methoxy groups -OCH3 is 2. The number of fused-ring (bicyclic) bond motifs is 2. The van der Waals surface area contributed by atoms with E-state index in [0.717, 1.165) is 52.2 Å². The Labute approximate surface area is 326 Å². The molecule has 1 amide bonds. The van der Waals surface area contributed by atoms with Crippen molar-refractivity contribution in [3.8, 4) is 23.3 Å². The van der Waals surface area contributed by atoms with E-state index in [0.29, 0.717) is 67.9 Å². The van der Waals surface area contributed by atoms with E-state index in [-0.39, 0.29) is 24.3 Å². The Morgan fingerprint density at radius 3 is 2.20 bits per heavy atom. The van der Waals surface area contributed by atoms with E-state index in [9.17, 15) is 9.59 Å². The van der Waals surface area contributed by atoms with Crippen LogP contribution in [0.5, 0.6) is 23.3 Å². The molecule has 5 aromatic rings. The highest BCUT2D eigenvalue weighted by atomic mass is 16.6. The van der Waals surface area contributed by atoms with Gasteiger partial charge in [0.1, 0.15) is 28.4 Å². The summed E-state index contributed by atoms with van der Waals surface area (Å²) in [6, 6.07) is 19.9. The van der Waals surface area contributed by atoms with E-state index in [1.807, 2.05) is 81.4 Å². The number of carbonyl (C=O) groups excluding carboxylic acids is 1. The highest BCUT2D eigenvalue weighted by molar-refractivity contribution is 5.84. The average molecular weight is 763 g/mol. The van der Waals surface area contributed by atoms with Crippen LogP contribution in [-0.4, -0.2) is 63.5 Å². The molecule has 2 aromatic heterocycles. The van der Waals surface area contributed by atoms with Gasteiger partial charge in [-0.25, -0.2) is 9.59 Å². The van der Waals surface area contributed by atoms with Crippen molar-refractivity contribution in [1.29, 1.82) is 0 Å². The number of nitrogens with zero attached hydrogens (tertiary/aromatic N) is 5. The van der Waals surface area contributed by atoms with Gasteiger partial charge in [-0.15, -0.1) is 0 Å². The molecule has 1 aliphatic carbocycles. The van der Waals surface area contributed by atoms with E-state index >= 15 is 0 Å². The summed E-state index contributed by atoms with van der Waals surface area (Å²) in [4.78, 5) is 43.8. The summed E-state index contributed by atoms with van der Waals surface area (Å²) in [5.74, 6) is 3.13. The summed E-state index contributed by atoms with van der Waals surface area (Å²) in [5, 5.41) is 0. The lowest BCUT2D eigenvalue weighted by Crippen LogP contribution is -2.40. The summed E-state index contributed by atoms with van der Waals surface area (Å²) >= 11 is 0. The van der Waals surface area contributed by atoms with Crippen LogP contribution in [0, 0.1) is 5.92 Å². The predicted octanol–water partition coefficient (Wildman–Crippen LogP) is 7.39. The van der Waals surface area contributed by atoms with Crippen LogP contribution in [0.15, 0.2) is 78.3 Å². The van der Waals surface area contributed by atoms with Gasteiger partial charge in [0.25, 0.3) is 0 Å². The fourth-order valence-corrected chi connectivity index (χ4v) is 7.07. The molecule has 13 heteroatoms. The van der Waals surface area contributed by atoms with Crippen LogP contribution in [0.2, 0.25) is 0 Å². The van der Waals surface area contributed by atoms with Gasteiger partial charge in [0.2, 0.25) is 0 Å². The lowest BCUT2D eigenvalue weighted by molar-refractivity contribution is 0.0223. The van der Waals surface area contributed by atoms with Gasteiger partial charge in [0.05, 0.1) is 33.6 Å². The molecule has 294 valence electrons. The van der Waals surface area contributed by atoms with Gasteiger partial charge in [0, 0.05) is 31.7 Å². The number of amides is 1. The summed E-state index contributed by atoms with van der Waals surface area (Å²) in [6.45, 7) is 11.8. The van der Waals surface area contributed by atoms with Crippen molar-refractivity contribution in [2.75, 3.05) is 32.3 Å². The highest BCUT2D eigenvalue weighted by Gasteiger charge is 2.29. The van der Waals surface area contributed by atoms with Gasteiger partial charge in [-0.3, -0.25) is 4.57 Å². The number of aromatic nitrogens is 4. The number of ether oxygens (including phenoxy) is 5. The second-order valence-corrected chi connectivity index (χ2v) is 15.4. The third-order valence-electron chi connectivity index (χ3n) is 10.2. The first-order valence-electron chi connectivity index (χ1n) is 19.0. The Balaban J connectivity index is 1.29. The third-order valence-corrected chi connectivity index (χ3v) is 10.2. The maximum atomic E-state index is 14.0. The van der Waals surface area contributed by atoms with Gasteiger partial charge >= 0.3 is 17.8 Å². The van der Waals surface area contributed by atoms with E-state index in [1.54, 1.807) is 23.7 Å². The molecule has 0 bridgehead atoms. The molecule has 1 saturated carbocycles. The van der Waals surface area contributed by atoms with Crippen molar-refractivity contribution in [3.63, 3.8) is 0 Å². The van der Waals surface area contributed by atoms with Crippen LogP contribution in [-0.2, 0) is 37.3 Å².